The Bertz CT molecular complexity index is 719. The molecule has 4 nitrogen and oxygen atoms in total. The molecule has 1 heterocycles. The fourth-order valence-corrected chi connectivity index (χ4v) is 2.57. The van der Waals surface area contributed by atoms with E-state index >= 15 is 0 Å². The largest absolute Gasteiger partial charge is 0.478 e. The van der Waals surface area contributed by atoms with Crippen molar-refractivity contribution >= 4 is 17.6 Å². The summed E-state index contributed by atoms with van der Waals surface area (Å²) >= 11 is 0. The number of aromatic carboxylic acids is 1. The lowest BCUT2D eigenvalue weighted by Gasteiger charge is -2.17. The van der Waals surface area contributed by atoms with Crippen molar-refractivity contribution in [2.24, 2.45) is 0 Å². The summed E-state index contributed by atoms with van der Waals surface area (Å²) in [5.41, 5.74) is 4.05. The van der Waals surface area contributed by atoms with Crippen molar-refractivity contribution in [3.8, 4) is 0 Å². The second kappa shape index (κ2) is 5.05. The summed E-state index contributed by atoms with van der Waals surface area (Å²) in [5, 5.41) is 9.01. The minimum absolute atomic E-state index is 0.00751. The summed E-state index contributed by atoms with van der Waals surface area (Å²) in [6, 6.07) is 12.9. The van der Waals surface area contributed by atoms with Crippen LogP contribution in [0.4, 0.5) is 5.69 Å². The summed E-state index contributed by atoms with van der Waals surface area (Å²) in [4.78, 5) is 24.9. The number of carboxylic acid groups (broad SMARTS) is 1. The molecule has 2 aromatic carbocycles. The molecule has 2 aromatic rings. The zero-order chi connectivity index (χ0) is 15.0. The minimum atomic E-state index is -0.970. The highest BCUT2D eigenvalue weighted by atomic mass is 16.4. The number of fused-ring (bicyclic) bond motifs is 1. The highest BCUT2D eigenvalue weighted by molar-refractivity contribution is 6.02. The molecule has 0 saturated heterocycles. The summed E-state index contributed by atoms with van der Waals surface area (Å²) in [6.07, 6.45) is 0.266. The van der Waals surface area contributed by atoms with E-state index in [2.05, 4.69) is 0 Å². The van der Waals surface area contributed by atoms with Crippen LogP contribution in [0.25, 0.3) is 0 Å². The molecule has 4 heteroatoms. The molecule has 0 aromatic heterocycles. The molecule has 0 atom stereocenters. The standard InChI is InChI=1S/C17H15NO3/c1-11-2-4-12(5-3-11)10-18-15-7-6-13(17(20)21)8-14(15)9-16(18)19/h2-8H,9-10H2,1H3,(H,20,21). The van der Waals surface area contributed by atoms with Gasteiger partial charge in [0.1, 0.15) is 0 Å². The smallest absolute Gasteiger partial charge is 0.335 e. The van der Waals surface area contributed by atoms with Crippen molar-refractivity contribution < 1.29 is 14.7 Å². The Morgan fingerprint density at radius 1 is 1.19 bits per heavy atom. The van der Waals surface area contributed by atoms with Gasteiger partial charge in [0.15, 0.2) is 0 Å². The first kappa shape index (κ1) is 13.4. The van der Waals surface area contributed by atoms with E-state index in [-0.39, 0.29) is 17.9 Å². The van der Waals surface area contributed by atoms with Gasteiger partial charge in [0.25, 0.3) is 0 Å². The third kappa shape index (κ3) is 2.52. The first-order valence-electron chi connectivity index (χ1n) is 6.77. The molecule has 0 fully saturated rings. The van der Waals surface area contributed by atoms with Gasteiger partial charge in [-0.2, -0.15) is 0 Å². The van der Waals surface area contributed by atoms with Crippen molar-refractivity contribution in [3.63, 3.8) is 0 Å². The maximum Gasteiger partial charge on any atom is 0.335 e. The number of aryl methyl sites for hydroxylation is 1. The molecule has 1 aliphatic rings. The van der Waals surface area contributed by atoms with Crippen LogP contribution >= 0.6 is 0 Å². The van der Waals surface area contributed by atoms with E-state index in [1.54, 1.807) is 23.1 Å². The number of amides is 1. The first-order chi connectivity index (χ1) is 10.0. The highest BCUT2D eigenvalue weighted by Gasteiger charge is 2.27. The number of carboxylic acids is 1. The maximum atomic E-state index is 12.2. The fourth-order valence-electron chi connectivity index (χ4n) is 2.57. The summed E-state index contributed by atoms with van der Waals surface area (Å²) in [5.74, 6) is -0.963. The van der Waals surface area contributed by atoms with Crippen molar-refractivity contribution in [3.05, 3.63) is 64.7 Å². The Hall–Kier alpha value is -2.62. The SMILES string of the molecule is Cc1ccc(CN2C(=O)Cc3cc(C(=O)O)ccc32)cc1. The lowest BCUT2D eigenvalue weighted by Crippen LogP contribution is -2.25. The van der Waals surface area contributed by atoms with E-state index in [1.165, 1.54) is 5.56 Å². The van der Waals surface area contributed by atoms with Gasteiger partial charge in [0.2, 0.25) is 5.91 Å². The van der Waals surface area contributed by atoms with Gasteiger partial charge in [-0.3, -0.25) is 4.79 Å². The number of rotatable bonds is 3. The van der Waals surface area contributed by atoms with Gasteiger partial charge in [-0.05, 0) is 36.2 Å². The normalized spacial score (nSPS) is 13.4. The van der Waals surface area contributed by atoms with Crippen LogP contribution in [0.1, 0.15) is 27.0 Å². The number of benzene rings is 2. The van der Waals surface area contributed by atoms with Crippen LogP contribution in [0.15, 0.2) is 42.5 Å². The summed E-state index contributed by atoms with van der Waals surface area (Å²) in [7, 11) is 0. The Labute approximate surface area is 122 Å². The molecule has 0 saturated carbocycles. The zero-order valence-electron chi connectivity index (χ0n) is 11.7. The van der Waals surface area contributed by atoms with E-state index < -0.39 is 5.97 Å². The number of hydrogen-bond acceptors (Lipinski definition) is 2. The third-order valence-electron chi connectivity index (χ3n) is 3.72. The Morgan fingerprint density at radius 2 is 1.90 bits per heavy atom. The maximum absolute atomic E-state index is 12.2. The minimum Gasteiger partial charge on any atom is -0.478 e. The topological polar surface area (TPSA) is 57.6 Å². The Kier molecular flexibility index (Phi) is 3.22. The van der Waals surface area contributed by atoms with E-state index in [1.807, 2.05) is 31.2 Å². The van der Waals surface area contributed by atoms with Crippen molar-refractivity contribution in [1.82, 2.24) is 0 Å². The number of anilines is 1. The van der Waals surface area contributed by atoms with Gasteiger partial charge in [-0.25, -0.2) is 4.79 Å². The quantitative estimate of drug-likeness (QED) is 0.941. The molecule has 1 amide bonds. The van der Waals surface area contributed by atoms with Crippen LogP contribution in [0.2, 0.25) is 0 Å². The number of carbonyl (C=O) groups excluding carboxylic acids is 1. The van der Waals surface area contributed by atoms with Crippen LogP contribution in [0, 0.1) is 6.92 Å². The molecule has 1 N–H and O–H groups in total. The molecule has 0 aliphatic carbocycles. The Morgan fingerprint density at radius 3 is 2.57 bits per heavy atom. The third-order valence-corrected chi connectivity index (χ3v) is 3.72. The molecule has 0 spiro atoms. The van der Waals surface area contributed by atoms with E-state index in [9.17, 15) is 9.59 Å². The summed E-state index contributed by atoms with van der Waals surface area (Å²) < 4.78 is 0. The van der Waals surface area contributed by atoms with E-state index in [4.69, 9.17) is 5.11 Å². The highest BCUT2D eigenvalue weighted by Crippen LogP contribution is 2.31. The van der Waals surface area contributed by atoms with Crippen molar-refractivity contribution in [2.75, 3.05) is 4.90 Å². The molecule has 0 bridgehead atoms. The second-order valence-corrected chi connectivity index (χ2v) is 5.29. The number of hydrogen-bond donors (Lipinski definition) is 1. The zero-order valence-corrected chi connectivity index (χ0v) is 11.7. The lowest BCUT2D eigenvalue weighted by atomic mass is 10.1. The van der Waals surface area contributed by atoms with Gasteiger partial charge < -0.3 is 10.0 Å². The first-order valence-corrected chi connectivity index (χ1v) is 6.77. The van der Waals surface area contributed by atoms with Crippen molar-refractivity contribution in [1.29, 1.82) is 0 Å². The molecule has 0 unspecified atom stereocenters. The van der Waals surface area contributed by atoms with Gasteiger partial charge in [0.05, 0.1) is 18.5 Å². The predicted molar refractivity (Wildman–Crippen MR) is 79.5 cm³/mol. The van der Waals surface area contributed by atoms with Crippen LogP contribution in [-0.2, 0) is 17.8 Å². The molecular formula is C17H15NO3. The van der Waals surface area contributed by atoms with Crippen LogP contribution in [-0.4, -0.2) is 17.0 Å². The summed E-state index contributed by atoms with van der Waals surface area (Å²) in [6.45, 7) is 2.53. The van der Waals surface area contributed by atoms with Gasteiger partial charge in [-0.15, -0.1) is 0 Å². The number of nitrogens with zero attached hydrogens (tertiary/aromatic N) is 1. The van der Waals surface area contributed by atoms with Gasteiger partial charge >= 0.3 is 5.97 Å². The van der Waals surface area contributed by atoms with E-state index in [0.717, 1.165) is 16.8 Å². The van der Waals surface area contributed by atoms with E-state index in [0.29, 0.717) is 6.54 Å². The van der Waals surface area contributed by atoms with Crippen molar-refractivity contribution in [2.45, 2.75) is 19.9 Å². The monoisotopic (exact) mass is 281 g/mol. The lowest BCUT2D eigenvalue weighted by molar-refractivity contribution is -0.117. The fraction of sp³-hybridized carbons (Fsp3) is 0.176. The second-order valence-electron chi connectivity index (χ2n) is 5.29. The predicted octanol–water partition coefficient (Wildman–Crippen LogP) is 2.78. The molecule has 3 rings (SSSR count). The molecular weight excluding hydrogens is 266 g/mol. The molecule has 1 aliphatic heterocycles. The molecule has 106 valence electrons. The molecule has 21 heavy (non-hydrogen) atoms. The van der Waals surface area contributed by atoms with Gasteiger partial charge in [-0.1, -0.05) is 29.8 Å². The molecule has 0 radical (unpaired) electrons. The average Bonchev–Trinajstić information content (AvgIpc) is 2.76. The Balaban J connectivity index is 1.90. The van der Waals surface area contributed by atoms with Gasteiger partial charge in [0, 0.05) is 5.69 Å². The van der Waals surface area contributed by atoms with Crippen LogP contribution in [0.3, 0.4) is 0 Å². The number of carbonyl (C=O) groups is 2. The van der Waals surface area contributed by atoms with Crippen LogP contribution < -0.4 is 4.90 Å². The average molecular weight is 281 g/mol. The van der Waals surface area contributed by atoms with Crippen LogP contribution in [0.5, 0.6) is 0 Å².